The normalized spacial score (nSPS) is 11.8. The van der Waals surface area contributed by atoms with Crippen molar-refractivity contribution < 1.29 is 17.9 Å². The Morgan fingerprint density at radius 1 is 1.12 bits per heavy atom. The number of nitrogens with zero attached hydrogens (tertiary/aromatic N) is 2. The average Bonchev–Trinajstić information content (AvgIpc) is 3.32. The SMILES string of the molecule is CCOc1ccc(N(CC(=O)NN=C(C)c2cccs2)S(=O)(=O)c2ccc(Br)cc2)cc1. The van der Waals surface area contributed by atoms with Gasteiger partial charge in [0.15, 0.2) is 0 Å². The van der Waals surface area contributed by atoms with Gasteiger partial charge in [-0.1, -0.05) is 22.0 Å². The van der Waals surface area contributed by atoms with Crippen LogP contribution in [0.1, 0.15) is 18.7 Å². The molecule has 0 aliphatic heterocycles. The first-order valence-electron chi connectivity index (χ1n) is 9.69. The molecule has 7 nitrogen and oxygen atoms in total. The Labute approximate surface area is 199 Å². The van der Waals surface area contributed by atoms with E-state index in [1.54, 1.807) is 43.3 Å². The average molecular weight is 536 g/mol. The van der Waals surface area contributed by atoms with Gasteiger partial charge in [0.2, 0.25) is 0 Å². The molecule has 0 saturated heterocycles. The van der Waals surface area contributed by atoms with Gasteiger partial charge in [0.25, 0.3) is 15.9 Å². The molecule has 32 heavy (non-hydrogen) atoms. The van der Waals surface area contributed by atoms with Crippen LogP contribution in [0.25, 0.3) is 0 Å². The van der Waals surface area contributed by atoms with Gasteiger partial charge in [-0.3, -0.25) is 9.10 Å². The van der Waals surface area contributed by atoms with E-state index in [0.717, 1.165) is 13.7 Å². The number of carbonyl (C=O) groups excluding carboxylic acids is 1. The quantitative estimate of drug-likeness (QED) is 0.319. The molecule has 0 saturated carbocycles. The monoisotopic (exact) mass is 535 g/mol. The van der Waals surface area contributed by atoms with Gasteiger partial charge in [0, 0.05) is 9.35 Å². The second kappa shape index (κ2) is 10.8. The van der Waals surface area contributed by atoms with Crippen LogP contribution in [-0.2, 0) is 14.8 Å². The van der Waals surface area contributed by atoms with E-state index in [1.807, 2.05) is 24.4 Å². The van der Waals surface area contributed by atoms with Crippen LogP contribution in [-0.4, -0.2) is 33.2 Å². The number of ether oxygens (including phenoxy) is 1. The molecule has 0 bridgehead atoms. The first-order valence-corrected chi connectivity index (χ1v) is 12.8. The van der Waals surface area contributed by atoms with Crippen molar-refractivity contribution in [2.24, 2.45) is 5.10 Å². The van der Waals surface area contributed by atoms with Crippen LogP contribution in [0.4, 0.5) is 5.69 Å². The maximum atomic E-state index is 13.4. The number of amides is 1. The molecule has 1 aromatic heterocycles. The van der Waals surface area contributed by atoms with Gasteiger partial charge in [-0.2, -0.15) is 5.10 Å². The van der Waals surface area contributed by atoms with Crippen LogP contribution >= 0.6 is 27.3 Å². The van der Waals surface area contributed by atoms with Gasteiger partial charge in [-0.05, 0) is 73.8 Å². The third-order valence-corrected chi connectivity index (χ3v) is 7.65. The second-order valence-corrected chi connectivity index (χ2v) is 10.3. The van der Waals surface area contributed by atoms with Crippen LogP contribution < -0.4 is 14.5 Å². The Bertz CT molecular complexity index is 1180. The maximum Gasteiger partial charge on any atom is 0.264 e. The third-order valence-electron chi connectivity index (χ3n) is 4.35. The lowest BCUT2D eigenvalue weighted by atomic mass is 10.3. The molecule has 3 aromatic rings. The predicted molar refractivity (Wildman–Crippen MR) is 131 cm³/mol. The molecule has 168 valence electrons. The number of thiophene rings is 1. The highest BCUT2D eigenvalue weighted by Gasteiger charge is 2.27. The molecule has 0 aliphatic carbocycles. The van der Waals surface area contributed by atoms with Crippen LogP contribution in [0.3, 0.4) is 0 Å². The Hall–Kier alpha value is -2.69. The van der Waals surface area contributed by atoms with E-state index in [1.165, 1.54) is 23.5 Å². The number of sulfonamides is 1. The van der Waals surface area contributed by atoms with Crippen molar-refractivity contribution in [2.75, 3.05) is 17.5 Å². The molecule has 2 aromatic carbocycles. The van der Waals surface area contributed by atoms with Gasteiger partial charge in [0.05, 0.1) is 22.9 Å². The van der Waals surface area contributed by atoms with E-state index in [9.17, 15) is 13.2 Å². The lowest BCUT2D eigenvalue weighted by molar-refractivity contribution is -0.119. The van der Waals surface area contributed by atoms with Crippen molar-refractivity contribution in [3.8, 4) is 5.75 Å². The maximum absolute atomic E-state index is 13.4. The van der Waals surface area contributed by atoms with Crippen molar-refractivity contribution in [2.45, 2.75) is 18.7 Å². The largest absolute Gasteiger partial charge is 0.494 e. The Kier molecular flexibility index (Phi) is 8.05. The minimum absolute atomic E-state index is 0.0700. The van der Waals surface area contributed by atoms with Crippen LogP contribution in [0, 0.1) is 0 Å². The zero-order valence-electron chi connectivity index (χ0n) is 17.5. The first kappa shape index (κ1) is 24.0. The van der Waals surface area contributed by atoms with Gasteiger partial charge < -0.3 is 4.74 Å². The zero-order valence-corrected chi connectivity index (χ0v) is 20.7. The number of halogens is 1. The number of nitrogens with one attached hydrogen (secondary N) is 1. The summed E-state index contributed by atoms with van der Waals surface area (Å²) in [5.41, 5.74) is 3.43. The van der Waals surface area contributed by atoms with Crippen molar-refractivity contribution in [3.63, 3.8) is 0 Å². The number of anilines is 1. The summed E-state index contributed by atoms with van der Waals surface area (Å²) in [4.78, 5) is 13.6. The summed E-state index contributed by atoms with van der Waals surface area (Å²) in [6.45, 7) is 3.69. The van der Waals surface area contributed by atoms with E-state index >= 15 is 0 Å². The molecule has 0 fully saturated rings. The smallest absolute Gasteiger partial charge is 0.264 e. The Morgan fingerprint density at radius 3 is 2.41 bits per heavy atom. The predicted octanol–water partition coefficient (Wildman–Crippen LogP) is 4.65. The first-order chi connectivity index (χ1) is 15.3. The molecule has 0 aliphatic rings. The molecule has 0 spiro atoms. The highest BCUT2D eigenvalue weighted by Crippen LogP contribution is 2.26. The van der Waals surface area contributed by atoms with E-state index in [0.29, 0.717) is 23.8 Å². The summed E-state index contributed by atoms with van der Waals surface area (Å²) in [6.07, 6.45) is 0. The standard InChI is InChI=1S/C22H22BrN3O4S2/c1-3-30-19-10-8-18(9-11-19)26(32(28,29)20-12-6-17(23)7-13-20)15-22(27)25-24-16(2)21-5-4-14-31-21/h4-14H,3,15H2,1-2H3,(H,25,27). The topological polar surface area (TPSA) is 88.1 Å². The fourth-order valence-corrected chi connectivity index (χ4v) is 5.14. The minimum Gasteiger partial charge on any atom is -0.494 e. The fourth-order valence-electron chi connectivity index (χ4n) is 2.78. The molecule has 0 atom stereocenters. The number of carbonyl (C=O) groups is 1. The molecular weight excluding hydrogens is 514 g/mol. The zero-order chi connectivity index (χ0) is 23.1. The summed E-state index contributed by atoms with van der Waals surface area (Å²) in [5.74, 6) is 0.0494. The summed E-state index contributed by atoms with van der Waals surface area (Å²) < 4.78 is 34.0. The Morgan fingerprint density at radius 2 is 1.81 bits per heavy atom. The molecule has 0 unspecified atom stereocenters. The summed E-state index contributed by atoms with van der Waals surface area (Å²) >= 11 is 4.80. The van der Waals surface area contributed by atoms with Gasteiger partial charge in [-0.25, -0.2) is 13.8 Å². The number of benzene rings is 2. The molecule has 1 amide bonds. The van der Waals surface area contributed by atoms with Gasteiger partial charge in [0.1, 0.15) is 12.3 Å². The van der Waals surface area contributed by atoms with Crippen LogP contribution in [0.15, 0.2) is 80.5 Å². The third kappa shape index (κ3) is 5.96. The van der Waals surface area contributed by atoms with Crippen molar-refractivity contribution >= 4 is 54.6 Å². The second-order valence-electron chi connectivity index (χ2n) is 6.60. The lowest BCUT2D eigenvalue weighted by Crippen LogP contribution is -2.39. The summed E-state index contributed by atoms with van der Waals surface area (Å²) in [6, 6.07) is 16.6. The Balaban J connectivity index is 1.88. The minimum atomic E-state index is -4.01. The molecule has 3 rings (SSSR count). The van der Waals surface area contributed by atoms with Crippen molar-refractivity contribution in [1.82, 2.24) is 5.43 Å². The number of hydrogen-bond acceptors (Lipinski definition) is 6. The van der Waals surface area contributed by atoms with Gasteiger partial charge in [-0.15, -0.1) is 11.3 Å². The number of hydrazone groups is 1. The lowest BCUT2D eigenvalue weighted by Gasteiger charge is -2.24. The number of rotatable bonds is 9. The highest BCUT2D eigenvalue weighted by atomic mass is 79.9. The molecular formula is C22H22BrN3O4S2. The molecule has 0 radical (unpaired) electrons. The summed E-state index contributed by atoms with van der Waals surface area (Å²) in [5, 5.41) is 6.01. The van der Waals surface area contributed by atoms with E-state index < -0.39 is 22.5 Å². The molecule has 1 N–H and O–H groups in total. The van der Waals surface area contributed by atoms with Crippen LogP contribution in [0.2, 0.25) is 0 Å². The highest BCUT2D eigenvalue weighted by molar-refractivity contribution is 9.10. The van der Waals surface area contributed by atoms with Gasteiger partial charge >= 0.3 is 0 Å². The van der Waals surface area contributed by atoms with E-state index in [4.69, 9.17) is 4.74 Å². The van der Waals surface area contributed by atoms with Crippen LogP contribution in [0.5, 0.6) is 5.75 Å². The number of hydrogen-bond donors (Lipinski definition) is 1. The summed E-state index contributed by atoms with van der Waals surface area (Å²) in [7, 11) is -4.01. The van der Waals surface area contributed by atoms with E-state index in [2.05, 4.69) is 26.5 Å². The van der Waals surface area contributed by atoms with Crippen molar-refractivity contribution in [3.05, 3.63) is 75.4 Å². The fraction of sp³-hybridized carbons (Fsp3) is 0.182. The van der Waals surface area contributed by atoms with E-state index in [-0.39, 0.29) is 4.90 Å². The molecule has 10 heteroatoms. The van der Waals surface area contributed by atoms with Crippen molar-refractivity contribution in [1.29, 1.82) is 0 Å². The molecule has 1 heterocycles.